The summed E-state index contributed by atoms with van der Waals surface area (Å²) in [7, 11) is 1.68. The summed E-state index contributed by atoms with van der Waals surface area (Å²) in [6, 6.07) is 13.1. The van der Waals surface area contributed by atoms with Gasteiger partial charge in [0.2, 0.25) is 12.7 Å². The molecule has 1 atom stereocenters. The Morgan fingerprint density at radius 2 is 1.89 bits per heavy atom. The standard InChI is InChI=1S/C27H28N4O5S/c1-34-20-7-3-2-6-19(20)30-11-13-31(14-12-30)26(33)18-5-4-8-23-24(18)28-27(37-23)29-25(32)17-9-10-21-22(15-17)36-16-35-21/h2-3,6-7,9-10,15,18H,4-5,8,11-14,16H2,1H3,(H,28,29,32). The predicted molar refractivity (Wildman–Crippen MR) is 140 cm³/mol. The van der Waals surface area contributed by atoms with Crippen LogP contribution >= 0.6 is 11.3 Å². The van der Waals surface area contributed by atoms with Crippen molar-refractivity contribution in [2.45, 2.75) is 25.2 Å². The first-order chi connectivity index (χ1) is 18.1. The number of anilines is 2. The number of amides is 2. The summed E-state index contributed by atoms with van der Waals surface area (Å²) >= 11 is 1.46. The number of nitrogens with zero attached hydrogens (tertiary/aromatic N) is 3. The Hall–Kier alpha value is -3.79. The van der Waals surface area contributed by atoms with E-state index in [1.54, 1.807) is 25.3 Å². The third-order valence-corrected chi connectivity index (χ3v) is 8.17. The van der Waals surface area contributed by atoms with E-state index in [1.165, 1.54) is 11.3 Å². The zero-order chi connectivity index (χ0) is 25.4. The lowest BCUT2D eigenvalue weighted by Gasteiger charge is -2.38. The number of aromatic nitrogens is 1. The minimum absolute atomic E-state index is 0.125. The van der Waals surface area contributed by atoms with E-state index in [-0.39, 0.29) is 24.5 Å². The molecule has 192 valence electrons. The van der Waals surface area contributed by atoms with E-state index >= 15 is 0 Å². The van der Waals surface area contributed by atoms with Crippen molar-refractivity contribution in [3.05, 3.63) is 58.6 Å². The molecule has 2 aliphatic heterocycles. The van der Waals surface area contributed by atoms with Gasteiger partial charge in [-0.05, 0) is 49.6 Å². The summed E-state index contributed by atoms with van der Waals surface area (Å²) in [6.07, 6.45) is 2.58. The Morgan fingerprint density at radius 3 is 2.73 bits per heavy atom. The van der Waals surface area contributed by atoms with E-state index in [4.69, 9.17) is 19.2 Å². The van der Waals surface area contributed by atoms with E-state index in [1.807, 2.05) is 23.1 Å². The number of nitrogens with one attached hydrogen (secondary N) is 1. The van der Waals surface area contributed by atoms with Crippen molar-refractivity contribution >= 4 is 34.0 Å². The van der Waals surface area contributed by atoms with Gasteiger partial charge >= 0.3 is 0 Å². The largest absolute Gasteiger partial charge is 0.495 e. The summed E-state index contributed by atoms with van der Waals surface area (Å²) in [5.74, 6) is 1.62. The maximum Gasteiger partial charge on any atom is 0.257 e. The van der Waals surface area contributed by atoms with Crippen LogP contribution in [0.2, 0.25) is 0 Å². The number of aryl methyl sites for hydroxylation is 1. The van der Waals surface area contributed by atoms with Crippen molar-refractivity contribution in [2.24, 2.45) is 0 Å². The average Bonchev–Trinajstić information content (AvgIpc) is 3.58. The van der Waals surface area contributed by atoms with E-state index in [9.17, 15) is 9.59 Å². The molecule has 2 amide bonds. The Morgan fingerprint density at radius 1 is 1.08 bits per heavy atom. The highest BCUT2D eigenvalue weighted by molar-refractivity contribution is 7.16. The van der Waals surface area contributed by atoms with Crippen molar-refractivity contribution < 1.29 is 23.8 Å². The van der Waals surface area contributed by atoms with Crippen LogP contribution in [-0.4, -0.2) is 61.8 Å². The number of thiazole rings is 1. The first kappa shape index (κ1) is 23.6. The fraction of sp³-hybridized carbons (Fsp3) is 0.370. The summed E-state index contributed by atoms with van der Waals surface area (Å²) in [5, 5.41) is 3.43. The molecule has 1 saturated heterocycles. The van der Waals surface area contributed by atoms with Gasteiger partial charge in [-0.3, -0.25) is 14.9 Å². The molecule has 9 nitrogen and oxygen atoms in total. The molecule has 3 heterocycles. The second-order valence-electron chi connectivity index (χ2n) is 9.28. The van der Waals surface area contributed by atoms with E-state index in [0.29, 0.717) is 35.3 Å². The normalized spacial score (nSPS) is 18.4. The smallest absolute Gasteiger partial charge is 0.257 e. The fourth-order valence-electron chi connectivity index (χ4n) is 5.20. The summed E-state index contributed by atoms with van der Waals surface area (Å²) < 4.78 is 16.2. The fourth-order valence-corrected chi connectivity index (χ4v) is 6.26. The number of hydrogen-bond acceptors (Lipinski definition) is 8. The van der Waals surface area contributed by atoms with Gasteiger partial charge in [-0.1, -0.05) is 12.1 Å². The molecule has 37 heavy (non-hydrogen) atoms. The predicted octanol–water partition coefficient (Wildman–Crippen LogP) is 3.90. The van der Waals surface area contributed by atoms with Crippen LogP contribution < -0.4 is 24.4 Å². The zero-order valence-electron chi connectivity index (χ0n) is 20.6. The van der Waals surface area contributed by atoms with Gasteiger partial charge in [-0.2, -0.15) is 0 Å². The lowest BCUT2D eigenvalue weighted by molar-refractivity contribution is -0.133. The van der Waals surface area contributed by atoms with E-state index in [2.05, 4.69) is 16.3 Å². The molecule has 2 aromatic carbocycles. The molecule has 1 N–H and O–H groups in total. The third-order valence-electron chi connectivity index (χ3n) is 7.12. The number of ether oxygens (including phenoxy) is 3. The first-order valence-electron chi connectivity index (χ1n) is 12.5. The minimum Gasteiger partial charge on any atom is -0.495 e. The van der Waals surface area contributed by atoms with Crippen LogP contribution in [0.4, 0.5) is 10.8 Å². The monoisotopic (exact) mass is 520 g/mol. The maximum atomic E-state index is 13.6. The number of para-hydroxylation sites is 2. The lowest BCUT2D eigenvalue weighted by Crippen LogP contribution is -2.50. The number of benzene rings is 2. The molecule has 0 spiro atoms. The molecule has 1 unspecified atom stereocenters. The summed E-state index contributed by atoms with van der Waals surface area (Å²) in [6.45, 7) is 2.96. The minimum atomic E-state index is -0.269. The maximum absolute atomic E-state index is 13.6. The Balaban J connectivity index is 1.12. The number of carbonyl (C=O) groups is 2. The molecule has 1 aromatic heterocycles. The van der Waals surface area contributed by atoms with Crippen LogP contribution in [0, 0.1) is 0 Å². The highest BCUT2D eigenvalue weighted by atomic mass is 32.1. The van der Waals surface area contributed by atoms with Crippen molar-refractivity contribution in [2.75, 3.05) is 50.3 Å². The molecular weight excluding hydrogens is 492 g/mol. The van der Waals surface area contributed by atoms with Crippen LogP contribution in [0.1, 0.15) is 39.7 Å². The molecule has 3 aromatic rings. The number of rotatable bonds is 5. The highest BCUT2D eigenvalue weighted by Gasteiger charge is 2.35. The molecule has 10 heteroatoms. The first-order valence-corrected chi connectivity index (χ1v) is 13.3. The molecule has 1 fully saturated rings. The quantitative estimate of drug-likeness (QED) is 0.545. The second kappa shape index (κ2) is 9.93. The molecule has 0 saturated carbocycles. The molecule has 0 bridgehead atoms. The van der Waals surface area contributed by atoms with Crippen LogP contribution in [0.15, 0.2) is 42.5 Å². The highest BCUT2D eigenvalue weighted by Crippen LogP contribution is 2.39. The lowest BCUT2D eigenvalue weighted by atomic mass is 9.89. The average molecular weight is 521 g/mol. The number of carbonyl (C=O) groups excluding carboxylic acids is 2. The second-order valence-corrected chi connectivity index (χ2v) is 10.4. The molecule has 3 aliphatic rings. The number of piperazine rings is 1. The van der Waals surface area contributed by atoms with Gasteiger partial charge in [0.15, 0.2) is 16.6 Å². The number of fused-ring (bicyclic) bond motifs is 2. The molecule has 1 aliphatic carbocycles. The van der Waals surface area contributed by atoms with Crippen LogP contribution in [0.3, 0.4) is 0 Å². The summed E-state index contributed by atoms with van der Waals surface area (Å²) in [4.78, 5) is 36.5. The number of methoxy groups -OCH3 is 1. The zero-order valence-corrected chi connectivity index (χ0v) is 21.4. The molecular formula is C27H28N4O5S. The van der Waals surface area contributed by atoms with E-state index < -0.39 is 0 Å². The van der Waals surface area contributed by atoms with Gasteiger partial charge in [0.25, 0.3) is 5.91 Å². The van der Waals surface area contributed by atoms with Crippen LogP contribution in [0.5, 0.6) is 17.2 Å². The molecule has 6 rings (SSSR count). The van der Waals surface area contributed by atoms with E-state index in [0.717, 1.165) is 54.4 Å². The summed E-state index contributed by atoms with van der Waals surface area (Å²) in [5.41, 5.74) is 2.34. The van der Waals surface area contributed by atoms with Crippen molar-refractivity contribution in [3.8, 4) is 17.2 Å². The van der Waals surface area contributed by atoms with Gasteiger partial charge in [0.1, 0.15) is 5.75 Å². The Bertz CT molecular complexity index is 1330. The molecule has 0 radical (unpaired) electrons. The third kappa shape index (κ3) is 4.57. The topological polar surface area (TPSA) is 93.2 Å². The van der Waals surface area contributed by atoms with Gasteiger partial charge in [-0.15, -0.1) is 11.3 Å². The van der Waals surface area contributed by atoms with Crippen molar-refractivity contribution in [1.82, 2.24) is 9.88 Å². The van der Waals surface area contributed by atoms with Gasteiger partial charge < -0.3 is 24.0 Å². The van der Waals surface area contributed by atoms with Crippen LogP contribution in [0.25, 0.3) is 0 Å². The van der Waals surface area contributed by atoms with Gasteiger partial charge in [0.05, 0.1) is 24.4 Å². The van der Waals surface area contributed by atoms with Gasteiger partial charge in [0, 0.05) is 36.6 Å². The number of hydrogen-bond donors (Lipinski definition) is 1. The van der Waals surface area contributed by atoms with Crippen molar-refractivity contribution in [3.63, 3.8) is 0 Å². The Labute approximate surface area is 219 Å². The van der Waals surface area contributed by atoms with Crippen LogP contribution in [-0.2, 0) is 11.2 Å². The van der Waals surface area contributed by atoms with Gasteiger partial charge in [-0.25, -0.2) is 4.98 Å². The van der Waals surface area contributed by atoms with Crippen molar-refractivity contribution in [1.29, 1.82) is 0 Å². The Kier molecular flexibility index (Phi) is 6.33. The SMILES string of the molecule is COc1ccccc1N1CCN(C(=O)C2CCCc3sc(NC(=O)c4ccc5c(c4)OCO5)nc32)CC1.